The van der Waals surface area contributed by atoms with Gasteiger partial charge in [-0.3, -0.25) is 14.9 Å². The van der Waals surface area contributed by atoms with Crippen LogP contribution in [0.25, 0.3) is 0 Å². The summed E-state index contributed by atoms with van der Waals surface area (Å²) in [5.74, 6) is -2.55. The van der Waals surface area contributed by atoms with Crippen LogP contribution in [-0.2, 0) is 49.0 Å². The van der Waals surface area contributed by atoms with E-state index < -0.39 is 59.6 Å². The number of imide groups is 1. The minimum atomic E-state index is -2.29. The normalized spacial score (nSPS) is 25.8. The van der Waals surface area contributed by atoms with Gasteiger partial charge in [-0.2, -0.15) is 0 Å². The Morgan fingerprint density at radius 2 is 0.972 bits per heavy atom. The molecular formula is C18H23Cl2N5O10Pd. The monoisotopic (exact) mass is 645 g/mol. The molecule has 15 nitrogen and oxygen atoms in total. The summed E-state index contributed by atoms with van der Waals surface area (Å²) in [5.41, 5.74) is 15.7. The van der Waals surface area contributed by atoms with Gasteiger partial charge >= 0.3 is 44.8 Å². The molecule has 0 fully saturated rings. The predicted molar refractivity (Wildman–Crippen MR) is 106 cm³/mol. The number of nitrogens with two attached hydrogens (primary N) is 4. The molecule has 36 heavy (non-hydrogen) atoms. The van der Waals surface area contributed by atoms with E-state index >= 15 is 0 Å². The van der Waals surface area contributed by atoms with Crippen LogP contribution in [0.2, 0.25) is 0 Å². The van der Waals surface area contributed by atoms with Crippen LogP contribution in [0.3, 0.4) is 0 Å². The Bertz CT molecular complexity index is 864. The van der Waals surface area contributed by atoms with Gasteiger partial charge < -0.3 is 66.7 Å². The third-order valence-electron chi connectivity index (χ3n) is 4.99. The van der Waals surface area contributed by atoms with Crippen LogP contribution in [0.4, 0.5) is 19.2 Å². The summed E-state index contributed by atoms with van der Waals surface area (Å²) in [7, 11) is 0. The topological polar surface area (TPSA) is 255 Å². The standard InChI is InChI=1S/C18H23N5O10.2ClH.Pd/c19-13(26)30-9-5-1-3-7-17(9,32-15(21)28)11(24)23-12(25)18(33-16(22)29)8-4-2-6-10(18)31-14(20)27;;;/h1-4,9-10H,5-8H2,(H2,19,26)(H2,20,27)(H2,21,28)(H2,22,29)(H,23,24,25);2*1H;/q;;;+2/p-2. The Labute approximate surface area is 230 Å². The first-order chi connectivity index (χ1) is 15.4. The number of primary amides is 4. The largest absolute Gasteiger partial charge is 2.00 e. The van der Waals surface area contributed by atoms with Crippen molar-refractivity contribution in [2.45, 2.75) is 49.1 Å². The van der Waals surface area contributed by atoms with Gasteiger partial charge in [0.05, 0.1) is 0 Å². The molecule has 0 aromatic heterocycles. The number of carbonyl (C=O) groups is 6. The van der Waals surface area contributed by atoms with Gasteiger partial charge in [0.25, 0.3) is 11.8 Å². The van der Waals surface area contributed by atoms with Crippen LogP contribution < -0.4 is 53.1 Å². The number of carbonyl (C=O) groups excluding carboxylic acids is 6. The van der Waals surface area contributed by atoms with Crippen molar-refractivity contribution in [1.29, 1.82) is 0 Å². The fourth-order valence-electron chi connectivity index (χ4n) is 3.63. The second kappa shape index (κ2) is 14.5. The Kier molecular flexibility index (Phi) is 14.1. The molecule has 4 unspecified atom stereocenters. The van der Waals surface area contributed by atoms with Crippen molar-refractivity contribution in [1.82, 2.24) is 5.32 Å². The number of ether oxygens (including phenoxy) is 4. The third kappa shape index (κ3) is 7.98. The van der Waals surface area contributed by atoms with Crippen LogP contribution in [-0.4, -0.2) is 59.6 Å². The summed E-state index contributed by atoms with van der Waals surface area (Å²) in [5, 5.41) is 1.94. The van der Waals surface area contributed by atoms with Crippen molar-refractivity contribution in [3.8, 4) is 0 Å². The number of hydrogen-bond donors (Lipinski definition) is 5. The molecule has 0 aliphatic heterocycles. The van der Waals surface area contributed by atoms with Gasteiger partial charge in [-0.15, -0.1) is 0 Å². The molecule has 0 radical (unpaired) electrons. The summed E-state index contributed by atoms with van der Waals surface area (Å²) >= 11 is 0. The van der Waals surface area contributed by atoms with Gasteiger partial charge in [-0.05, 0) is 0 Å². The van der Waals surface area contributed by atoms with Crippen molar-refractivity contribution >= 4 is 36.2 Å². The van der Waals surface area contributed by atoms with Gasteiger partial charge in [0.1, 0.15) is 0 Å². The molecule has 2 rings (SSSR count). The fraction of sp³-hybridized carbons (Fsp3) is 0.444. The van der Waals surface area contributed by atoms with Crippen LogP contribution >= 0.6 is 0 Å². The average molecular weight is 647 g/mol. The molecule has 0 bridgehead atoms. The Morgan fingerprint density at radius 3 is 1.25 bits per heavy atom. The van der Waals surface area contributed by atoms with Crippen molar-refractivity contribution in [2.24, 2.45) is 22.9 Å². The van der Waals surface area contributed by atoms with Crippen LogP contribution in [0.5, 0.6) is 0 Å². The summed E-state index contributed by atoms with van der Waals surface area (Å²) in [6.07, 6.45) is -3.33. The van der Waals surface area contributed by atoms with Crippen molar-refractivity contribution in [3.05, 3.63) is 24.3 Å². The maximum atomic E-state index is 13.2. The summed E-state index contributed by atoms with van der Waals surface area (Å²) in [6, 6.07) is 0. The molecular weight excluding hydrogens is 624 g/mol. The van der Waals surface area contributed by atoms with Crippen molar-refractivity contribution < 1.29 is 93.0 Å². The van der Waals surface area contributed by atoms with Crippen molar-refractivity contribution in [2.75, 3.05) is 0 Å². The summed E-state index contributed by atoms with van der Waals surface area (Å²) in [6.45, 7) is 0. The fourth-order valence-corrected chi connectivity index (χ4v) is 3.63. The van der Waals surface area contributed by atoms with E-state index in [1.165, 1.54) is 24.3 Å². The van der Waals surface area contributed by atoms with E-state index in [9.17, 15) is 28.8 Å². The molecule has 204 valence electrons. The Hall–Kier alpha value is -3.06. The maximum absolute atomic E-state index is 13.2. The Balaban J connectivity index is 0. The van der Waals surface area contributed by atoms with E-state index in [2.05, 4.69) is 0 Å². The first kappa shape index (κ1) is 35.1. The molecule has 2 aliphatic carbocycles. The minimum absolute atomic E-state index is 0. The number of hydrogen-bond acceptors (Lipinski definition) is 10. The van der Waals surface area contributed by atoms with Gasteiger partial charge in [-0.25, -0.2) is 19.2 Å². The van der Waals surface area contributed by atoms with Crippen molar-refractivity contribution in [3.63, 3.8) is 0 Å². The number of nitrogens with one attached hydrogen (secondary N) is 1. The molecule has 2 aliphatic rings. The molecule has 0 saturated carbocycles. The van der Waals surface area contributed by atoms with Crippen LogP contribution in [0.15, 0.2) is 24.3 Å². The zero-order valence-corrected chi connectivity index (χ0v) is 21.3. The molecule has 0 saturated heterocycles. The smallest absolute Gasteiger partial charge is 1.00 e. The van der Waals surface area contributed by atoms with E-state index in [1.807, 2.05) is 5.32 Å². The van der Waals surface area contributed by atoms with E-state index in [0.717, 1.165) is 0 Å². The molecule has 0 aromatic carbocycles. The molecule has 18 heteroatoms. The van der Waals surface area contributed by atoms with Gasteiger partial charge in [-0.1, -0.05) is 24.3 Å². The number of rotatable bonds is 6. The number of halogens is 2. The second-order valence-electron chi connectivity index (χ2n) is 7.08. The first-order valence-corrected chi connectivity index (χ1v) is 9.48. The van der Waals surface area contributed by atoms with E-state index in [-0.39, 0.29) is 70.9 Å². The molecule has 4 atom stereocenters. The van der Waals surface area contributed by atoms with E-state index in [4.69, 9.17) is 41.9 Å². The van der Waals surface area contributed by atoms with Gasteiger partial charge in [0.2, 0.25) is 11.2 Å². The SMILES string of the molecule is NC(=O)OC1CC=CCC1(OC(N)=O)C(=O)NC(=O)C1(OC(N)=O)CC=CCC1OC(N)=O.[Cl-].[Cl-].[Pd+2]. The molecule has 9 N–H and O–H groups in total. The number of amides is 6. The maximum Gasteiger partial charge on any atom is 2.00 e. The summed E-state index contributed by atoms with van der Waals surface area (Å²) in [4.78, 5) is 72.1. The minimum Gasteiger partial charge on any atom is -1.00 e. The molecule has 0 spiro atoms. The average Bonchev–Trinajstić information content (AvgIpc) is 2.69. The van der Waals surface area contributed by atoms with Gasteiger partial charge in [0.15, 0.2) is 12.2 Å². The van der Waals surface area contributed by atoms with Gasteiger partial charge in [0, 0.05) is 25.7 Å². The van der Waals surface area contributed by atoms with E-state index in [1.54, 1.807) is 0 Å². The first-order valence-electron chi connectivity index (χ1n) is 9.48. The molecule has 0 aromatic rings. The van der Waals surface area contributed by atoms with Crippen LogP contribution in [0.1, 0.15) is 25.7 Å². The zero-order chi connectivity index (χ0) is 24.8. The predicted octanol–water partition coefficient (Wildman–Crippen LogP) is -7.07. The third-order valence-corrected chi connectivity index (χ3v) is 4.99. The zero-order valence-electron chi connectivity index (χ0n) is 18.3. The quantitative estimate of drug-likeness (QED) is 0.0788. The molecule has 0 heterocycles. The summed E-state index contributed by atoms with van der Waals surface area (Å²) < 4.78 is 19.8. The van der Waals surface area contributed by atoms with E-state index in [0.29, 0.717) is 0 Å². The second-order valence-corrected chi connectivity index (χ2v) is 7.08. The molecule has 6 amide bonds. The Morgan fingerprint density at radius 1 is 0.639 bits per heavy atom. The van der Waals surface area contributed by atoms with Crippen LogP contribution in [0, 0.1) is 0 Å².